The summed E-state index contributed by atoms with van der Waals surface area (Å²) in [5.41, 5.74) is 0. The molecule has 1 fully saturated rings. The first-order valence-electron chi connectivity index (χ1n) is 5.07. The molecule has 1 aliphatic rings. The van der Waals surface area contributed by atoms with Crippen LogP contribution in [0.1, 0.15) is 20.3 Å². The molecule has 78 valence electrons. The van der Waals surface area contributed by atoms with Gasteiger partial charge in [-0.05, 0) is 12.3 Å². The average Bonchev–Trinajstić information content (AvgIpc) is 2.04. The zero-order valence-electron chi connectivity index (χ0n) is 8.88. The summed E-state index contributed by atoms with van der Waals surface area (Å²) >= 11 is 0. The number of rotatable bonds is 4. The predicted octanol–water partition coefficient (Wildman–Crippen LogP) is 1.04. The molecule has 1 aliphatic heterocycles. The fourth-order valence-corrected chi connectivity index (χ4v) is 1.72. The summed E-state index contributed by atoms with van der Waals surface area (Å²) in [6, 6.07) is 0. The fourth-order valence-electron chi connectivity index (χ4n) is 1.72. The van der Waals surface area contributed by atoms with Crippen LogP contribution in [0.3, 0.4) is 0 Å². The zero-order valence-corrected chi connectivity index (χ0v) is 8.88. The van der Waals surface area contributed by atoms with E-state index in [1.807, 2.05) is 0 Å². The molecule has 13 heavy (non-hydrogen) atoms. The molecule has 3 heteroatoms. The van der Waals surface area contributed by atoms with Gasteiger partial charge in [0.25, 0.3) is 0 Å². The largest absolute Gasteiger partial charge is 0.382 e. The summed E-state index contributed by atoms with van der Waals surface area (Å²) in [6.07, 6.45) is 1.74. The molecule has 1 rings (SSSR count). The first kappa shape index (κ1) is 11.0. The fraction of sp³-hybridized carbons (Fsp3) is 1.00. The van der Waals surface area contributed by atoms with Gasteiger partial charge in [0.15, 0.2) is 0 Å². The minimum Gasteiger partial charge on any atom is -0.382 e. The molecule has 0 aliphatic carbocycles. The van der Waals surface area contributed by atoms with Crippen LogP contribution in [0.25, 0.3) is 0 Å². The lowest BCUT2D eigenvalue weighted by atomic mass is 10.0. The summed E-state index contributed by atoms with van der Waals surface area (Å²) in [5.74, 6) is 0.702. The Bertz CT molecular complexity index is 137. The Hall–Kier alpha value is -0.120. The molecule has 0 spiro atoms. The SMILES string of the molecule is COCC1CNCC(CC(C)C)O1. The highest BCUT2D eigenvalue weighted by molar-refractivity contribution is 4.74. The van der Waals surface area contributed by atoms with Gasteiger partial charge in [0.1, 0.15) is 0 Å². The first-order valence-corrected chi connectivity index (χ1v) is 5.07. The molecule has 0 aromatic heterocycles. The van der Waals surface area contributed by atoms with E-state index in [0.29, 0.717) is 18.6 Å². The van der Waals surface area contributed by atoms with E-state index in [1.165, 1.54) is 0 Å². The highest BCUT2D eigenvalue weighted by Crippen LogP contribution is 2.12. The van der Waals surface area contributed by atoms with Crippen molar-refractivity contribution in [1.29, 1.82) is 0 Å². The number of nitrogens with one attached hydrogen (secondary N) is 1. The third-order valence-corrected chi connectivity index (χ3v) is 2.22. The molecule has 3 nitrogen and oxygen atoms in total. The molecule has 1 N–H and O–H groups in total. The van der Waals surface area contributed by atoms with Crippen molar-refractivity contribution >= 4 is 0 Å². The second-order valence-corrected chi connectivity index (χ2v) is 4.12. The molecule has 2 unspecified atom stereocenters. The molecule has 2 atom stereocenters. The van der Waals surface area contributed by atoms with Gasteiger partial charge in [-0.15, -0.1) is 0 Å². The molecule has 0 aromatic carbocycles. The van der Waals surface area contributed by atoms with Crippen LogP contribution in [0.4, 0.5) is 0 Å². The van der Waals surface area contributed by atoms with Crippen LogP contribution in [0.2, 0.25) is 0 Å². The Balaban J connectivity index is 2.24. The van der Waals surface area contributed by atoms with Crippen molar-refractivity contribution in [1.82, 2.24) is 5.32 Å². The van der Waals surface area contributed by atoms with Crippen LogP contribution < -0.4 is 5.32 Å². The van der Waals surface area contributed by atoms with Gasteiger partial charge in [0.2, 0.25) is 0 Å². The minimum absolute atomic E-state index is 0.238. The third kappa shape index (κ3) is 4.07. The van der Waals surface area contributed by atoms with E-state index in [0.717, 1.165) is 19.5 Å². The van der Waals surface area contributed by atoms with Crippen molar-refractivity contribution in [3.8, 4) is 0 Å². The second-order valence-electron chi connectivity index (χ2n) is 4.12. The highest BCUT2D eigenvalue weighted by atomic mass is 16.5. The lowest BCUT2D eigenvalue weighted by molar-refractivity contribution is -0.0742. The molecule has 0 radical (unpaired) electrons. The van der Waals surface area contributed by atoms with Gasteiger partial charge < -0.3 is 14.8 Å². The van der Waals surface area contributed by atoms with Gasteiger partial charge >= 0.3 is 0 Å². The smallest absolute Gasteiger partial charge is 0.0936 e. The van der Waals surface area contributed by atoms with E-state index in [2.05, 4.69) is 19.2 Å². The number of hydrogen-bond donors (Lipinski definition) is 1. The van der Waals surface area contributed by atoms with Gasteiger partial charge in [0.05, 0.1) is 18.8 Å². The van der Waals surface area contributed by atoms with Crippen LogP contribution in [0.5, 0.6) is 0 Å². The maximum atomic E-state index is 5.85. The molecule has 0 saturated carbocycles. The molecule has 0 bridgehead atoms. The molecular weight excluding hydrogens is 166 g/mol. The Morgan fingerprint density at radius 2 is 2.08 bits per heavy atom. The highest BCUT2D eigenvalue weighted by Gasteiger charge is 2.22. The van der Waals surface area contributed by atoms with Crippen molar-refractivity contribution in [2.75, 3.05) is 26.8 Å². The second kappa shape index (κ2) is 5.58. The van der Waals surface area contributed by atoms with Crippen molar-refractivity contribution in [2.45, 2.75) is 32.5 Å². The Morgan fingerprint density at radius 3 is 2.69 bits per heavy atom. The van der Waals surface area contributed by atoms with Crippen LogP contribution in [-0.4, -0.2) is 39.0 Å². The molecule has 0 amide bonds. The maximum Gasteiger partial charge on any atom is 0.0936 e. The van der Waals surface area contributed by atoms with Crippen molar-refractivity contribution in [3.63, 3.8) is 0 Å². The number of methoxy groups -OCH3 is 1. The predicted molar refractivity (Wildman–Crippen MR) is 52.9 cm³/mol. The summed E-state index contributed by atoms with van der Waals surface area (Å²) in [7, 11) is 1.72. The monoisotopic (exact) mass is 187 g/mol. The van der Waals surface area contributed by atoms with E-state index in [-0.39, 0.29) is 6.10 Å². The number of ether oxygens (including phenoxy) is 2. The van der Waals surface area contributed by atoms with Crippen molar-refractivity contribution < 1.29 is 9.47 Å². The summed E-state index contributed by atoms with van der Waals surface area (Å²) in [6.45, 7) is 7.05. The minimum atomic E-state index is 0.238. The third-order valence-electron chi connectivity index (χ3n) is 2.22. The summed E-state index contributed by atoms with van der Waals surface area (Å²) in [5, 5.41) is 3.37. The van der Waals surface area contributed by atoms with Gasteiger partial charge in [-0.2, -0.15) is 0 Å². The number of hydrogen-bond acceptors (Lipinski definition) is 3. The summed E-state index contributed by atoms with van der Waals surface area (Å²) in [4.78, 5) is 0. The lowest BCUT2D eigenvalue weighted by Crippen LogP contribution is -2.46. The zero-order chi connectivity index (χ0) is 9.68. The molecular formula is C10H21NO2. The molecule has 0 aromatic rings. The normalized spacial score (nSPS) is 29.5. The standard InChI is InChI=1S/C10H21NO2/c1-8(2)4-9-5-11-6-10(13-9)7-12-3/h8-11H,4-7H2,1-3H3. The van der Waals surface area contributed by atoms with Gasteiger partial charge in [-0.3, -0.25) is 0 Å². The average molecular weight is 187 g/mol. The Morgan fingerprint density at radius 1 is 1.38 bits per heavy atom. The number of morpholine rings is 1. The van der Waals surface area contributed by atoms with E-state index in [9.17, 15) is 0 Å². The maximum absolute atomic E-state index is 5.85. The van der Waals surface area contributed by atoms with E-state index < -0.39 is 0 Å². The Kier molecular flexibility index (Phi) is 4.70. The first-order chi connectivity index (χ1) is 6.22. The van der Waals surface area contributed by atoms with E-state index in [1.54, 1.807) is 7.11 Å². The van der Waals surface area contributed by atoms with Gasteiger partial charge in [0, 0.05) is 20.2 Å². The lowest BCUT2D eigenvalue weighted by Gasteiger charge is -2.31. The van der Waals surface area contributed by atoms with Gasteiger partial charge in [-0.25, -0.2) is 0 Å². The van der Waals surface area contributed by atoms with Crippen molar-refractivity contribution in [2.24, 2.45) is 5.92 Å². The van der Waals surface area contributed by atoms with Crippen LogP contribution in [-0.2, 0) is 9.47 Å². The topological polar surface area (TPSA) is 30.5 Å². The molecule has 1 saturated heterocycles. The van der Waals surface area contributed by atoms with E-state index >= 15 is 0 Å². The van der Waals surface area contributed by atoms with Crippen LogP contribution >= 0.6 is 0 Å². The van der Waals surface area contributed by atoms with Crippen LogP contribution in [0, 0.1) is 5.92 Å². The van der Waals surface area contributed by atoms with Crippen LogP contribution in [0.15, 0.2) is 0 Å². The Labute approximate surface area is 80.8 Å². The van der Waals surface area contributed by atoms with E-state index in [4.69, 9.17) is 9.47 Å². The summed E-state index contributed by atoms with van der Waals surface area (Å²) < 4.78 is 10.9. The molecule has 1 heterocycles. The quantitative estimate of drug-likeness (QED) is 0.713. The van der Waals surface area contributed by atoms with Crippen molar-refractivity contribution in [3.05, 3.63) is 0 Å². The van der Waals surface area contributed by atoms with Gasteiger partial charge in [-0.1, -0.05) is 13.8 Å².